The maximum absolute atomic E-state index is 14.1. The van der Waals surface area contributed by atoms with Crippen LogP contribution < -0.4 is 4.74 Å². The minimum atomic E-state index is -1.22. The third-order valence-corrected chi connectivity index (χ3v) is 3.79. The van der Waals surface area contributed by atoms with Crippen LogP contribution in [-0.4, -0.2) is 39.3 Å². The van der Waals surface area contributed by atoms with E-state index in [4.69, 9.17) is 9.84 Å². The van der Waals surface area contributed by atoms with E-state index in [-0.39, 0.29) is 24.5 Å². The van der Waals surface area contributed by atoms with Crippen molar-refractivity contribution >= 4 is 5.91 Å². The Morgan fingerprint density at radius 3 is 2.83 bits per heavy atom. The predicted octanol–water partition coefficient (Wildman–Crippen LogP) is 1.32. The molecule has 122 valence electrons. The van der Waals surface area contributed by atoms with Gasteiger partial charge in [0.05, 0.1) is 43.8 Å². The Labute approximate surface area is 130 Å². The largest absolute Gasteiger partial charge is 0.494 e. The van der Waals surface area contributed by atoms with E-state index in [1.165, 1.54) is 24.1 Å². The van der Waals surface area contributed by atoms with Gasteiger partial charge >= 0.3 is 0 Å². The van der Waals surface area contributed by atoms with Crippen LogP contribution in [0.3, 0.4) is 0 Å². The average molecular weight is 323 g/mol. The molecule has 0 atom stereocenters. The molecule has 1 aliphatic heterocycles. The van der Waals surface area contributed by atoms with Crippen molar-refractivity contribution in [3.8, 4) is 5.75 Å². The van der Waals surface area contributed by atoms with Crippen molar-refractivity contribution in [1.29, 1.82) is 0 Å². The number of carbonyl (C=O) groups excluding carboxylic acids is 1. The second-order valence-corrected chi connectivity index (χ2v) is 5.18. The number of rotatable bonds is 3. The SMILES string of the molecule is COc1ccc(C(=O)N2CCn3nc(CO)cc3C2)c(F)c1F. The molecule has 0 bridgehead atoms. The van der Waals surface area contributed by atoms with E-state index in [2.05, 4.69) is 5.10 Å². The Morgan fingerprint density at radius 1 is 1.35 bits per heavy atom. The molecule has 0 saturated heterocycles. The second kappa shape index (κ2) is 5.96. The third kappa shape index (κ3) is 2.65. The molecule has 6 nitrogen and oxygen atoms in total. The van der Waals surface area contributed by atoms with Crippen LogP contribution in [0.15, 0.2) is 18.2 Å². The highest BCUT2D eigenvalue weighted by molar-refractivity contribution is 5.94. The van der Waals surface area contributed by atoms with Crippen LogP contribution in [0.5, 0.6) is 5.75 Å². The minimum absolute atomic E-state index is 0.188. The van der Waals surface area contributed by atoms with Crippen LogP contribution in [0, 0.1) is 11.6 Å². The van der Waals surface area contributed by atoms with Gasteiger partial charge in [0.2, 0.25) is 5.82 Å². The molecule has 0 saturated carbocycles. The summed E-state index contributed by atoms with van der Waals surface area (Å²) < 4.78 is 34.2. The van der Waals surface area contributed by atoms with E-state index < -0.39 is 17.5 Å². The number of hydrogen-bond acceptors (Lipinski definition) is 4. The highest BCUT2D eigenvalue weighted by atomic mass is 19.2. The number of amides is 1. The molecule has 0 aliphatic carbocycles. The van der Waals surface area contributed by atoms with Gasteiger partial charge in [-0.05, 0) is 18.2 Å². The van der Waals surface area contributed by atoms with Gasteiger partial charge in [0.15, 0.2) is 11.6 Å². The Bertz CT molecular complexity index is 761. The molecule has 1 aliphatic rings. The summed E-state index contributed by atoms with van der Waals surface area (Å²) in [5.74, 6) is -3.24. The second-order valence-electron chi connectivity index (χ2n) is 5.18. The van der Waals surface area contributed by atoms with Gasteiger partial charge < -0.3 is 14.7 Å². The standard InChI is InChI=1S/C15H15F2N3O3/c1-23-12-3-2-11(13(16)14(12)17)15(22)19-4-5-20-10(7-19)6-9(8-21)18-20/h2-3,6,21H,4-5,7-8H2,1H3. The van der Waals surface area contributed by atoms with E-state index in [1.807, 2.05) is 0 Å². The van der Waals surface area contributed by atoms with Gasteiger partial charge in [-0.3, -0.25) is 9.48 Å². The number of aliphatic hydroxyl groups is 1. The highest BCUT2D eigenvalue weighted by Gasteiger charge is 2.27. The predicted molar refractivity (Wildman–Crippen MR) is 75.8 cm³/mol. The zero-order chi connectivity index (χ0) is 16.6. The quantitative estimate of drug-likeness (QED) is 0.925. The molecule has 23 heavy (non-hydrogen) atoms. The minimum Gasteiger partial charge on any atom is -0.494 e. The first kappa shape index (κ1) is 15.4. The molecule has 0 unspecified atom stereocenters. The van der Waals surface area contributed by atoms with Gasteiger partial charge in [-0.1, -0.05) is 0 Å². The normalized spacial score (nSPS) is 13.8. The van der Waals surface area contributed by atoms with Gasteiger partial charge in [-0.25, -0.2) is 4.39 Å². The van der Waals surface area contributed by atoms with E-state index in [0.29, 0.717) is 18.8 Å². The first-order chi connectivity index (χ1) is 11.0. The number of methoxy groups -OCH3 is 1. The van der Waals surface area contributed by atoms with Crippen LogP contribution in [0.1, 0.15) is 21.7 Å². The number of ether oxygens (including phenoxy) is 1. The highest BCUT2D eigenvalue weighted by Crippen LogP contribution is 2.24. The zero-order valence-electron chi connectivity index (χ0n) is 12.4. The Hall–Kier alpha value is -2.48. The van der Waals surface area contributed by atoms with Crippen LogP contribution in [-0.2, 0) is 19.7 Å². The van der Waals surface area contributed by atoms with Crippen molar-refractivity contribution in [1.82, 2.24) is 14.7 Å². The summed E-state index contributed by atoms with van der Waals surface area (Å²) in [6.07, 6.45) is 0. The summed E-state index contributed by atoms with van der Waals surface area (Å²) in [5.41, 5.74) is 0.915. The molecular formula is C15H15F2N3O3. The lowest BCUT2D eigenvalue weighted by atomic mass is 10.1. The van der Waals surface area contributed by atoms with Crippen molar-refractivity contribution in [3.63, 3.8) is 0 Å². The first-order valence-electron chi connectivity index (χ1n) is 7.03. The third-order valence-electron chi connectivity index (χ3n) is 3.79. The van der Waals surface area contributed by atoms with Crippen LogP contribution in [0.2, 0.25) is 0 Å². The number of aromatic nitrogens is 2. The van der Waals surface area contributed by atoms with Gasteiger partial charge in [-0.2, -0.15) is 9.49 Å². The number of halogens is 2. The van der Waals surface area contributed by atoms with E-state index in [1.54, 1.807) is 10.7 Å². The molecule has 3 rings (SSSR count). The van der Waals surface area contributed by atoms with Crippen molar-refractivity contribution in [2.45, 2.75) is 19.7 Å². The summed E-state index contributed by atoms with van der Waals surface area (Å²) in [6.45, 7) is 0.790. The number of benzene rings is 1. The zero-order valence-corrected chi connectivity index (χ0v) is 12.4. The van der Waals surface area contributed by atoms with Crippen LogP contribution in [0.4, 0.5) is 8.78 Å². The van der Waals surface area contributed by atoms with Gasteiger partial charge in [0, 0.05) is 6.54 Å². The van der Waals surface area contributed by atoms with Gasteiger partial charge in [-0.15, -0.1) is 0 Å². The molecule has 2 heterocycles. The van der Waals surface area contributed by atoms with Crippen molar-refractivity contribution in [2.24, 2.45) is 0 Å². The Balaban J connectivity index is 1.86. The molecule has 1 N–H and O–H groups in total. The van der Waals surface area contributed by atoms with Crippen molar-refractivity contribution in [2.75, 3.05) is 13.7 Å². The summed E-state index contributed by atoms with van der Waals surface area (Å²) >= 11 is 0. The molecule has 1 amide bonds. The lowest BCUT2D eigenvalue weighted by Gasteiger charge is -2.28. The van der Waals surface area contributed by atoms with Crippen molar-refractivity contribution < 1.29 is 23.4 Å². The number of hydrogen-bond donors (Lipinski definition) is 1. The van der Waals surface area contributed by atoms with Gasteiger partial charge in [0.1, 0.15) is 0 Å². The molecule has 2 aromatic rings. The fourth-order valence-electron chi connectivity index (χ4n) is 2.60. The smallest absolute Gasteiger partial charge is 0.257 e. The molecular weight excluding hydrogens is 308 g/mol. The Kier molecular flexibility index (Phi) is 3.99. The lowest BCUT2D eigenvalue weighted by Crippen LogP contribution is -2.38. The van der Waals surface area contributed by atoms with E-state index >= 15 is 0 Å². The van der Waals surface area contributed by atoms with Gasteiger partial charge in [0.25, 0.3) is 5.91 Å². The fourth-order valence-corrected chi connectivity index (χ4v) is 2.60. The molecule has 0 spiro atoms. The van der Waals surface area contributed by atoms with Crippen LogP contribution in [0.25, 0.3) is 0 Å². The molecule has 0 fully saturated rings. The molecule has 1 aromatic heterocycles. The molecule has 0 radical (unpaired) electrons. The first-order valence-corrected chi connectivity index (χ1v) is 7.03. The maximum atomic E-state index is 14.1. The molecule has 1 aromatic carbocycles. The molecule has 8 heteroatoms. The summed E-state index contributed by atoms with van der Waals surface area (Å²) in [7, 11) is 1.23. The average Bonchev–Trinajstić information content (AvgIpc) is 2.99. The Morgan fingerprint density at radius 2 is 2.13 bits per heavy atom. The number of carbonyl (C=O) groups is 1. The van der Waals surface area contributed by atoms with Crippen LogP contribution >= 0.6 is 0 Å². The summed E-state index contributed by atoms with van der Waals surface area (Å²) in [5, 5.41) is 13.3. The fraction of sp³-hybridized carbons (Fsp3) is 0.333. The summed E-state index contributed by atoms with van der Waals surface area (Å²) in [6, 6.07) is 4.12. The lowest BCUT2D eigenvalue weighted by molar-refractivity contribution is 0.0700. The number of aliphatic hydroxyl groups excluding tert-OH is 1. The number of nitrogens with zero attached hydrogens (tertiary/aromatic N) is 3. The van der Waals surface area contributed by atoms with E-state index in [9.17, 15) is 13.6 Å². The topological polar surface area (TPSA) is 67.6 Å². The maximum Gasteiger partial charge on any atom is 0.257 e. The summed E-state index contributed by atoms with van der Waals surface area (Å²) in [4.78, 5) is 13.9. The van der Waals surface area contributed by atoms with Crippen molar-refractivity contribution in [3.05, 3.63) is 46.8 Å². The number of fused-ring (bicyclic) bond motifs is 1. The monoisotopic (exact) mass is 323 g/mol. The van der Waals surface area contributed by atoms with E-state index in [0.717, 1.165) is 5.69 Å².